The number of nitrogens with two attached hydrogens (primary N) is 1. The zero-order chi connectivity index (χ0) is 9.78. The van der Waals surface area contributed by atoms with Gasteiger partial charge < -0.3 is 21.3 Å². The maximum absolute atomic E-state index is 9.29. The van der Waals surface area contributed by atoms with Gasteiger partial charge in [0.25, 0.3) is 0 Å². The molecule has 0 aromatic rings. The van der Waals surface area contributed by atoms with Crippen LogP contribution in [-0.4, -0.2) is 41.0 Å². The second-order valence-electron chi connectivity index (χ2n) is 4.00. The average molecular weight is 176 g/mol. The molecular weight excluding hydrogens is 156 g/mol. The lowest BCUT2D eigenvalue weighted by Gasteiger charge is -2.24. The molecule has 0 aromatic carbocycles. The third-order valence-electron chi connectivity index (χ3n) is 1.53. The minimum absolute atomic E-state index is 0.0463. The maximum Gasteiger partial charge on any atom is 0.0935 e. The van der Waals surface area contributed by atoms with Crippen LogP contribution in [0.4, 0.5) is 0 Å². The van der Waals surface area contributed by atoms with Gasteiger partial charge in [0.1, 0.15) is 0 Å². The lowest BCUT2D eigenvalue weighted by Crippen LogP contribution is -2.46. The Kier molecular flexibility index (Phi) is 4.70. The van der Waals surface area contributed by atoms with E-state index in [1.807, 2.05) is 20.8 Å². The molecule has 0 rings (SSSR count). The number of hydrogen-bond acceptors (Lipinski definition) is 4. The Morgan fingerprint density at radius 1 is 1.25 bits per heavy atom. The molecule has 12 heavy (non-hydrogen) atoms. The Hall–Kier alpha value is -0.160. The van der Waals surface area contributed by atoms with E-state index in [0.29, 0.717) is 6.54 Å². The molecule has 0 aliphatic heterocycles. The first-order valence-corrected chi connectivity index (χ1v) is 4.18. The molecule has 0 saturated heterocycles. The third-order valence-corrected chi connectivity index (χ3v) is 1.53. The van der Waals surface area contributed by atoms with Crippen LogP contribution in [0.15, 0.2) is 0 Å². The van der Waals surface area contributed by atoms with Gasteiger partial charge in [0.15, 0.2) is 0 Å². The molecule has 0 spiro atoms. The Balaban J connectivity index is 3.64. The molecule has 5 N–H and O–H groups in total. The van der Waals surface area contributed by atoms with Gasteiger partial charge in [-0.3, -0.25) is 0 Å². The Labute approximate surface area is 73.8 Å². The van der Waals surface area contributed by atoms with Gasteiger partial charge in [-0.1, -0.05) is 0 Å². The Bertz CT molecular complexity index is 123. The number of hydrogen-bond donors (Lipinski definition) is 4. The van der Waals surface area contributed by atoms with Crippen LogP contribution < -0.4 is 11.1 Å². The van der Waals surface area contributed by atoms with Crippen LogP contribution in [0.3, 0.4) is 0 Å². The summed E-state index contributed by atoms with van der Waals surface area (Å²) in [6.45, 7) is 6.44. The van der Waals surface area contributed by atoms with E-state index >= 15 is 0 Å². The van der Waals surface area contributed by atoms with E-state index in [1.165, 1.54) is 0 Å². The highest BCUT2D eigenvalue weighted by molar-refractivity contribution is 4.76. The van der Waals surface area contributed by atoms with Crippen LogP contribution in [0.5, 0.6) is 0 Å². The van der Waals surface area contributed by atoms with Crippen molar-refractivity contribution < 1.29 is 10.2 Å². The second-order valence-corrected chi connectivity index (χ2v) is 4.00. The first kappa shape index (κ1) is 11.8. The molecular formula is C8H20N2O2. The molecule has 0 fully saturated rings. The highest BCUT2D eigenvalue weighted by atomic mass is 16.3. The number of β-amino-alcohol motifs (C(OH)–C–C–N with tert-alkyl or cyclic N) is 1. The Morgan fingerprint density at radius 2 is 1.75 bits per heavy atom. The van der Waals surface area contributed by atoms with Crippen LogP contribution in [0, 0.1) is 0 Å². The average Bonchev–Trinajstić information content (AvgIpc) is 1.97. The van der Waals surface area contributed by atoms with E-state index < -0.39 is 12.2 Å². The molecule has 0 aliphatic rings. The fraction of sp³-hybridized carbons (Fsp3) is 1.00. The number of nitrogens with one attached hydrogen (secondary N) is 1. The summed E-state index contributed by atoms with van der Waals surface area (Å²) < 4.78 is 0. The fourth-order valence-electron chi connectivity index (χ4n) is 0.704. The largest absolute Gasteiger partial charge is 0.389 e. The monoisotopic (exact) mass is 176 g/mol. The van der Waals surface area contributed by atoms with Crippen LogP contribution in [0.1, 0.15) is 20.8 Å². The van der Waals surface area contributed by atoms with Crippen molar-refractivity contribution in [2.45, 2.75) is 38.5 Å². The summed E-state index contributed by atoms with van der Waals surface area (Å²) >= 11 is 0. The van der Waals surface area contributed by atoms with Gasteiger partial charge in [-0.2, -0.15) is 0 Å². The first-order valence-electron chi connectivity index (χ1n) is 4.18. The van der Waals surface area contributed by atoms with E-state index in [-0.39, 0.29) is 12.1 Å². The molecule has 4 heteroatoms. The molecule has 0 radical (unpaired) electrons. The molecule has 0 saturated carbocycles. The van der Waals surface area contributed by atoms with Crippen LogP contribution in [0.2, 0.25) is 0 Å². The summed E-state index contributed by atoms with van der Waals surface area (Å²) in [5, 5.41) is 21.5. The number of rotatable bonds is 4. The standard InChI is InChI=1S/C8H20N2O2/c1-8(2,3)10-5-7(12)6(11)4-9/h6-7,10-12H,4-5,9H2,1-3H3. The van der Waals surface area contributed by atoms with Crippen LogP contribution in [-0.2, 0) is 0 Å². The summed E-state index contributed by atoms with van der Waals surface area (Å²) in [7, 11) is 0. The highest BCUT2D eigenvalue weighted by Crippen LogP contribution is 1.99. The van der Waals surface area contributed by atoms with Crippen molar-refractivity contribution in [3.8, 4) is 0 Å². The molecule has 2 unspecified atom stereocenters. The van der Waals surface area contributed by atoms with Gasteiger partial charge in [-0.05, 0) is 20.8 Å². The molecule has 0 aliphatic carbocycles. The van der Waals surface area contributed by atoms with Crippen molar-refractivity contribution in [1.82, 2.24) is 5.32 Å². The number of aliphatic hydroxyl groups excluding tert-OH is 2. The topological polar surface area (TPSA) is 78.5 Å². The highest BCUT2D eigenvalue weighted by Gasteiger charge is 2.17. The van der Waals surface area contributed by atoms with Gasteiger partial charge in [-0.15, -0.1) is 0 Å². The lowest BCUT2D eigenvalue weighted by atomic mass is 10.1. The van der Waals surface area contributed by atoms with Crippen LogP contribution in [0.25, 0.3) is 0 Å². The van der Waals surface area contributed by atoms with Crippen molar-refractivity contribution in [3.63, 3.8) is 0 Å². The number of aliphatic hydroxyl groups is 2. The molecule has 2 atom stereocenters. The fourth-order valence-corrected chi connectivity index (χ4v) is 0.704. The Morgan fingerprint density at radius 3 is 2.08 bits per heavy atom. The zero-order valence-corrected chi connectivity index (χ0v) is 8.04. The summed E-state index contributed by atoms with van der Waals surface area (Å²) in [6, 6.07) is 0. The minimum atomic E-state index is -0.833. The first-order chi connectivity index (χ1) is 5.37. The van der Waals surface area contributed by atoms with E-state index in [1.54, 1.807) is 0 Å². The molecule has 0 heterocycles. The summed E-state index contributed by atoms with van der Waals surface area (Å²) in [6.07, 6.45) is -1.62. The summed E-state index contributed by atoms with van der Waals surface area (Å²) in [4.78, 5) is 0. The molecule has 0 bridgehead atoms. The van der Waals surface area contributed by atoms with Crippen molar-refractivity contribution >= 4 is 0 Å². The second kappa shape index (κ2) is 4.77. The molecule has 4 nitrogen and oxygen atoms in total. The van der Waals surface area contributed by atoms with E-state index in [2.05, 4.69) is 5.32 Å². The maximum atomic E-state index is 9.29. The van der Waals surface area contributed by atoms with Gasteiger partial charge in [0.2, 0.25) is 0 Å². The van der Waals surface area contributed by atoms with Gasteiger partial charge in [0, 0.05) is 18.6 Å². The quantitative estimate of drug-likeness (QED) is 0.445. The smallest absolute Gasteiger partial charge is 0.0935 e. The minimum Gasteiger partial charge on any atom is -0.389 e. The molecule has 74 valence electrons. The zero-order valence-electron chi connectivity index (χ0n) is 8.04. The predicted octanol–water partition coefficient (Wildman–Crippen LogP) is -0.945. The van der Waals surface area contributed by atoms with Crippen molar-refractivity contribution in [2.75, 3.05) is 13.1 Å². The van der Waals surface area contributed by atoms with Gasteiger partial charge >= 0.3 is 0 Å². The lowest BCUT2D eigenvalue weighted by molar-refractivity contribution is 0.0225. The van der Waals surface area contributed by atoms with E-state index in [0.717, 1.165) is 0 Å². The SMILES string of the molecule is CC(C)(C)NCC(O)C(O)CN. The van der Waals surface area contributed by atoms with Gasteiger partial charge in [0.05, 0.1) is 12.2 Å². The summed E-state index contributed by atoms with van der Waals surface area (Å²) in [5.41, 5.74) is 5.13. The third kappa shape index (κ3) is 5.49. The van der Waals surface area contributed by atoms with E-state index in [9.17, 15) is 5.11 Å². The van der Waals surface area contributed by atoms with Crippen molar-refractivity contribution in [1.29, 1.82) is 0 Å². The van der Waals surface area contributed by atoms with Crippen molar-refractivity contribution in [3.05, 3.63) is 0 Å². The summed E-state index contributed by atoms with van der Waals surface area (Å²) in [5.74, 6) is 0. The van der Waals surface area contributed by atoms with Crippen molar-refractivity contribution in [2.24, 2.45) is 5.73 Å². The van der Waals surface area contributed by atoms with E-state index in [4.69, 9.17) is 10.8 Å². The van der Waals surface area contributed by atoms with Crippen LogP contribution >= 0.6 is 0 Å². The van der Waals surface area contributed by atoms with Gasteiger partial charge in [-0.25, -0.2) is 0 Å². The predicted molar refractivity (Wildman–Crippen MR) is 48.8 cm³/mol. The normalized spacial score (nSPS) is 17.5. The molecule has 0 aromatic heterocycles. The molecule has 0 amide bonds.